The van der Waals surface area contributed by atoms with Crippen LogP contribution < -0.4 is 5.32 Å². The lowest BCUT2D eigenvalue weighted by Gasteiger charge is -2.25. The summed E-state index contributed by atoms with van der Waals surface area (Å²) in [5.41, 5.74) is 3.14. The molecule has 1 aromatic heterocycles. The smallest absolute Gasteiger partial charge is 0.274 e. The number of nitrogens with zero attached hydrogens (tertiary/aromatic N) is 3. The molecule has 0 aromatic carbocycles. The first kappa shape index (κ1) is 15.9. The summed E-state index contributed by atoms with van der Waals surface area (Å²) >= 11 is 0. The molecule has 1 N–H and O–H groups in total. The predicted molar refractivity (Wildman–Crippen MR) is 94.1 cm³/mol. The molecule has 24 heavy (non-hydrogen) atoms. The molecular weight excluding hydrogens is 300 g/mol. The Labute approximate surface area is 144 Å². The zero-order valence-electron chi connectivity index (χ0n) is 14.5. The number of allylic oxidation sites excluding steroid dienone is 1. The van der Waals surface area contributed by atoms with Crippen LogP contribution in [0.4, 0.5) is 0 Å². The van der Waals surface area contributed by atoms with E-state index in [0.717, 1.165) is 57.7 Å². The molecule has 1 saturated carbocycles. The summed E-state index contributed by atoms with van der Waals surface area (Å²) in [5.74, 6) is 1.02. The molecule has 1 saturated heterocycles. The Morgan fingerprint density at radius 3 is 2.79 bits per heavy atom. The maximum atomic E-state index is 12.9. The molecule has 130 valence electrons. The topological polar surface area (TPSA) is 50.2 Å². The van der Waals surface area contributed by atoms with Gasteiger partial charge in [-0.2, -0.15) is 5.10 Å². The van der Waals surface area contributed by atoms with Gasteiger partial charge < -0.3 is 10.2 Å². The van der Waals surface area contributed by atoms with Crippen LogP contribution in [0.2, 0.25) is 0 Å². The fraction of sp³-hybridized carbons (Fsp3) is 0.684. The van der Waals surface area contributed by atoms with E-state index in [9.17, 15) is 4.79 Å². The predicted octanol–water partition coefficient (Wildman–Crippen LogP) is 2.16. The van der Waals surface area contributed by atoms with Gasteiger partial charge in [-0.3, -0.25) is 9.48 Å². The van der Waals surface area contributed by atoms with Gasteiger partial charge in [-0.25, -0.2) is 0 Å². The van der Waals surface area contributed by atoms with Crippen molar-refractivity contribution < 1.29 is 4.79 Å². The van der Waals surface area contributed by atoms with Gasteiger partial charge in [0.25, 0.3) is 5.91 Å². The van der Waals surface area contributed by atoms with E-state index in [0.29, 0.717) is 18.3 Å². The second-order valence-corrected chi connectivity index (χ2v) is 7.54. The summed E-state index contributed by atoms with van der Waals surface area (Å²) in [5, 5.41) is 8.41. The number of aromatic nitrogens is 2. The van der Waals surface area contributed by atoms with Crippen molar-refractivity contribution >= 4 is 5.91 Å². The summed E-state index contributed by atoms with van der Waals surface area (Å²) in [6, 6.07) is 0.490. The van der Waals surface area contributed by atoms with Crippen LogP contribution >= 0.6 is 0 Å². The molecule has 1 amide bonds. The fourth-order valence-electron chi connectivity index (χ4n) is 4.03. The van der Waals surface area contributed by atoms with E-state index in [-0.39, 0.29) is 5.91 Å². The van der Waals surface area contributed by atoms with Crippen molar-refractivity contribution in [2.45, 2.75) is 57.5 Å². The highest BCUT2D eigenvalue weighted by Gasteiger charge is 2.32. The standard InChI is InChI=1S/C19H28N4O/c1-2-9-23-17-8-7-15(20-13-14-5-6-14)12-16(17)18(21-23)19(24)22-10-3-4-11-22/h2,14-15,20H,1,3-13H2/t15-/m1/s1. The van der Waals surface area contributed by atoms with Gasteiger partial charge in [-0.1, -0.05) is 6.08 Å². The van der Waals surface area contributed by atoms with Crippen LogP contribution in [-0.4, -0.2) is 46.3 Å². The van der Waals surface area contributed by atoms with Crippen molar-refractivity contribution in [2.75, 3.05) is 19.6 Å². The highest BCUT2D eigenvalue weighted by Crippen LogP contribution is 2.30. The van der Waals surface area contributed by atoms with Crippen LogP contribution in [0, 0.1) is 5.92 Å². The lowest BCUT2D eigenvalue weighted by Crippen LogP contribution is -2.37. The number of likely N-dealkylation sites (tertiary alicyclic amines) is 1. The van der Waals surface area contributed by atoms with E-state index in [1.807, 2.05) is 15.7 Å². The lowest BCUT2D eigenvalue weighted by molar-refractivity contribution is 0.0785. The minimum atomic E-state index is 0.134. The number of nitrogens with one attached hydrogen (secondary N) is 1. The maximum Gasteiger partial charge on any atom is 0.274 e. The average Bonchev–Trinajstić information content (AvgIpc) is 3.13. The molecule has 4 rings (SSSR count). The summed E-state index contributed by atoms with van der Waals surface area (Å²) in [6.45, 7) is 7.42. The summed E-state index contributed by atoms with van der Waals surface area (Å²) in [7, 11) is 0. The Kier molecular flexibility index (Phi) is 4.44. The zero-order valence-corrected chi connectivity index (χ0v) is 14.5. The average molecular weight is 328 g/mol. The largest absolute Gasteiger partial charge is 0.337 e. The molecule has 5 heteroatoms. The van der Waals surface area contributed by atoms with E-state index < -0.39 is 0 Å². The number of hydrogen-bond donors (Lipinski definition) is 1. The number of carbonyl (C=O) groups excluding carboxylic acids is 1. The normalized spacial score (nSPS) is 23.3. The summed E-state index contributed by atoms with van der Waals surface area (Å²) < 4.78 is 2.00. The van der Waals surface area contributed by atoms with Gasteiger partial charge in [0.1, 0.15) is 0 Å². The number of amides is 1. The first-order chi connectivity index (χ1) is 11.8. The van der Waals surface area contributed by atoms with Crippen LogP contribution in [-0.2, 0) is 19.4 Å². The van der Waals surface area contributed by atoms with Gasteiger partial charge >= 0.3 is 0 Å². The van der Waals surface area contributed by atoms with E-state index in [4.69, 9.17) is 5.10 Å². The quantitative estimate of drug-likeness (QED) is 0.814. The molecule has 2 heterocycles. The van der Waals surface area contributed by atoms with Crippen LogP contribution in [0.3, 0.4) is 0 Å². The Hall–Kier alpha value is -1.62. The molecule has 0 spiro atoms. The molecule has 2 fully saturated rings. The molecule has 2 aliphatic carbocycles. The number of fused-ring (bicyclic) bond motifs is 1. The SMILES string of the molecule is C=CCn1nc(C(=O)N2CCCC2)c2c1CC[C@@H](NCC1CC1)C2. The van der Waals surface area contributed by atoms with Crippen LogP contribution in [0.15, 0.2) is 12.7 Å². The molecule has 1 aromatic rings. The number of hydrogen-bond acceptors (Lipinski definition) is 3. The zero-order chi connectivity index (χ0) is 16.5. The number of carbonyl (C=O) groups is 1. The molecule has 5 nitrogen and oxygen atoms in total. The third kappa shape index (κ3) is 3.14. The second-order valence-electron chi connectivity index (χ2n) is 7.54. The Bertz CT molecular complexity index is 626. The highest BCUT2D eigenvalue weighted by atomic mass is 16.2. The van der Waals surface area contributed by atoms with E-state index >= 15 is 0 Å². The van der Waals surface area contributed by atoms with Crippen molar-refractivity contribution in [3.8, 4) is 0 Å². The number of rotatable bonds is 6. The van der Waals surface area contributed by atoms with Crippen LogP contribution in [0.5, 0.6) is 0 Å². The van der Waals surface area contributed by atoms with Crippen molar-refractivity contribution in [2.24, 2.45) is 5.92 Å². The Morgan fingerprint density at radius 2 is 2.08 bits per heavy atom. The molecule has 0 bridgehead atoms. The first-order valence-electron chi connectivity index (χ1n) is 9.48. The highest BCUT2D eigenvalue weighted by molar-refractivity contribution is 5.94. The van der Waals surface area contributed by atoms with E-state index in [2.05, 4.69) is 11.9 Å². The van der Waals surface area contributed by atoms with Crippen molar-refractivity contribution in [1.82, 2.24) is 20.0 Å². The monoisotopic (exact) mass is 328 g/mol. The third-order valence-corrected chi connectivity index (χ3v) is 5.64. The fourth-order valence-corrected chi connectivity index (χ4v) is 4.03. The van der Waals surface area contributed by atoms with Gasteiger partial charge in [0.2, 0.25) is 0 Å². The molecule has 3 aliphatic rings. The second kappa shape index (κ2) is 6.71. The molecular formula is C19H28N4O. The van der Waals surface area contributed by atoms with E-state index in [1.165, 1.54) is 24.1 Å². The lowest BCUT2D eigenvalue weighted by atomic mass is 9.91. The van der Waals surface area contributed by atoms with Gasteiger partial charge in [-0.05, 0) is 57.4 Å². The minimum absolute atomic E-state index is 0.134. The third-order valence-electron chi connectivity index (χ3n) is 5.64. The minimum Gasteiger partial charge on any atom is -0.337 e. The summed E-state index contributed by atoms with van der Waals surface area (Å²) in [6.07, 6.45) is 9.94. The van der Waals surface area contributed by atoms with Crippen molar-refractivity contribution in [3.05, 3.63) is 29.6 Å². The van der Waals surface area contributed by atoms with Crippen LogP contribution in [0.1, 0.15) is 53.8 Å². The van der Waals surface area contributed by atoms with Gasteiger partial charge in [0, 0.05) is 30.4 Å². The first-order valence-corrected chi connectivity index (χ1v) is 9.48. The molecule has 0 radical (unpaired) electrons. The van der Waals surface area contributed by atoms with Crippen LogP contribution in [0.25, 0.3) is 0 Å². The summed E-state index contributed by atoms with van der Waals surface area (Å²) in [4.78, 5) is 14.9. The Balaban J connectivity index is 1.56. The van der Waals surface area contributed by atoms with Crippen molar-refractivity contribution in [3.63, 3.8) is 0 Å². The van der Waals surface area contributed by atoms with Gasteiger partial charge in [0.05, 0.1) is 6.54 Å². The van der Waals surface area contributed by atoms with Gasteiger partial charge in [0.15, 0.2) is 5.69 Å². The van der Waals surface area contributed by atoms with Gasteiger partial charge in [-0.15, -0.1) is 6.58 Å². The van der Waals surface area contributed by atoms with Crippen molar-refractivity contribution in [1.29, 1.82) is 0 Å². The Morgan fingerprint density at radius 1 is 1.29 bits per heavy atom. The maximum absolute atomic E-state index is 12.9. The molecule has 1 aliphatic heterocycles. The van der Waals surface area contributed by atoms with E-state index in [1.54, 1.807) is 0 Å². The molecule has 0 unspecified atom stereocenters. The molecule has 1 atom stereocenters.